The molecule has 0 fully saturated rings. The zero-order valence-corrected chi connectivity index (χ0v) is 16.8. The number of fused-ring (bicyclic) bond motifs is 1. The molecule has 0 radical (unpaired) electrons. The summed E-state index contributed by atoms with van der Waals surface area (Å²) in [6, 6.07) is 5.48. The van der Waals surface area contributed by atoms with E-state index in [9.17, 15) is 18.0 Å². The maximum absolute atomic E-state index is 12.7. The standard InChI is InChI=1S/C18H26N2O5S/c1-17(2,3)14(19-16(22)25-18(4,5)6)11-20-15(21)12-9-7-8-10-13(12)26(20,23)24/h7-10,14H,11H2,1-6H3,(H,19,22)/t14-/m0/s1. The second-order valence-corrected chi connectivity index (χ2v) is 10.2. The molecule has 2 rings (SSSR count). The van der Waals surface area contributed by atoms with Gasteiger partial charge in [-0.05, 0) is 38.3 Å². The van der Waals surface area contributed by atoms with E-state index in [0.29, 0.717) is 0 Å². The van der Waals surface area contributed by atoms with Crippen molar-refractivity contribution in [1.29, 1.82) is 0 Å². The van der Waals surface area contributed by atoms with E-state index in [1.54, 1.807) is 32.9 Å². The average Bonchev–Trinajstić information content (AvgIpc) is 2.65. The van der Waals surface area contributed by atoms with E-state index in [0.717, 1.165) is 4.31 Å². The van der Waals surface area contributed by atoms with Gasteiger partial charge in [0.25, 0.3) is 15.9 Å². The van der Waals surface area contributed by atoms with Crippen LogP contribution in [0.1, 0.15) is 51.9 Å². The van der Waals surface area contributed by atoms with Crippen molar-refractivity contribution in [3.63, 3.8) is 0 Å². The summed E-state index contributed by atoms with van der Waals surface area (Å²) in [7, 11) is -3.93. The Bertz CT molecular complexity index is 819. The van der Waals surface area contributed by atoms with Crippen LogP contribution < -0.4 is 5.32 Å². The number of ether oxygens (including phenoxy) is 1. The molecule has 1 atom stereocenters. The molecule has 8 heteroatoms. The van der Waals surface area contributed by atoms with E-state index in [1.165, 1.54) is 12.1 Å². The van der Waals surface area contributed by atoms with Gasteiger partial charge < -0.3 is 10.1 Å². The lowest BCUT2D eigenvalue weighted by molar-refractivity contribution is 0.0446. The fourth-order valence-electron chi connectivity index (χ4n) is 2.56. The molecule has 1 aliphatic heterocycles. The Kier molecular flexibility index (Phi) is 5.11. The zero-order chi connectivity index (χ0) is 19.9. The van der Waals surface area contributed by atoms with Crippen molar-refractivity contribution in [2.45, 2.75) is 58.1 Å². The van der Waals surface area contributed by atoms with E-state index in [4.69, 9.17) is 4.74 Å². The van der Waals surface area contributed by atoms with Crippen molar-refractivity contribution in [1.82, 2.24) is 9.62 Å². The number of carbonyl (C=O) groups excluding carboxylic acids is 2. The van der Waals surface area contributed by atoms with Crippen LogP contribution >= 0.6 is 0 Å². The van der Waals surface area contributed by atoms with Gasteiger partial charge in [0.1, 0.15) is 10.5 Å². The lowest BCUT2D eigenvalue weighted by Crippen LogP contribution is -2.52. The summed E-state index contributed by atoms with van der Waals surface area (Å²) in [5.41, 5.74) is -1.03. The van der Waals surface area contributed by atoms with Gasteiger partial charge in [0.05, 0.1) is 18.2 Å². The van der Waals surface area contributed by atoms with Gasteiger partial charge in [-0.15, -0.1) is 0 Å². The van der Waals surface area contributed by atoms with E-state index < -0.39 is 39.1 Å². The van der Waals surface area contributed by atoms with Gasteiger partial charge in [0.15, 0.2) is 0 Å². The molecule has 0 saturated heterocycles. The van der Waals surface area contributed by atoms with E-state index >= 15 is 0 Å². The first-order valence-electron chi connectivity index (χ1n) is 8.39. The summed E-state index contributed by atoms with van der Waals surface area (Å²) < 4.78 is 31.6. The van der Waals surface area contributed by atoms with Crippen LogP contribution in [-0.2, 0) is 14.8 Å². The number of nitrogens with one attached hydrogen (secondary N) is 1. The minimum atomic E-state index is -3.93. The molecular formula is C18H26N2O5S. The third-order valence-electron chi connectivity index (χ3n) is 4.00. The third kappa shape index (κ3) is 4.17. The topological polar surface area (TPSA) is 92.8 Å². The Morgan fingerprint density at radius 2 is 1.73 bits per heavy atom. The van der Waals surface area contributed by atoms with Crippen LogP contribution in [0.15, 0.2) is 29.2 Å². The normalized spacial score (nSPS) is 17.6. The lowest BCUT2D eigenvalue weighted by Gasteiger charge is -2.34. The molecule has 2 amide bonds. The highest BCUT2D eigenvalue weighted by Gasteiger charge is 2.43. The van der Waals surface area contributed by atoms with Crippen LogP contribution in [0.4, 0.5) is 4.79 Å². The van der Waals surface area contributed by atoms with Crippen LogP contribution in [0.25, 0.3) is 0 Å². The predicted molar refractivity (Wildman–Crippen MR) is 97.3 cm³/mol. The summed E-state index contributed by atoms with van der Waals surface area (Å²) in [6.45, 7) is 10.6. The van der Waals surface area contributed by atoms with Crippen molar-refractivity contribution in [2.24, 2.45) is 5.41 Å². The first kappa shape index (κ1) is 20.2. The van der Waals surface area contributed by atoms with Crippen molar-refractivity contribution >= 4 is 22.0 Å². The second kappa shape index (κ2) is 6.57. The molecule has 0 spiro atoms. The number of sulfonamides is 1. The smallest absolute Gasteiger partial charge is 0.407 e. The van der Waals surface area contributed by atoms with Crippen LogP contribution in [-0.4, -0.2) is 42.9 Å². The van der Waals surface area contributed by atoms with E-state index in [-0.39, 0.29) is 17.0 Å². The number of benzene rings is 1. The molecule has 1 N–H and O–H groups in total. The van der Waals surface area contributed by atoms with Crippen molar-refractivity contribution in [3.05, 3.63) is 29.8 Å². The van der Waals surface area contributed by atoms with Crippen LogP contribution in [0.3, 0.4) is 0 Å². The van der Waals surface area contributed by atoms with Gasteiger partial charge >= 0.3 is 6.09 Å². The second-order valence-electron chi connectivity index (χ2n) is 8.40. The molecule has 0 bridgehead atoms. The molecule has 1 heterocycles. The Morgan fingerprint density at radius 1 is 1.15 bits per heavy atom. The molecular weight excluding hydrogens is 356 g/mol. The van der Waals surface area contributed by atoms with Gasteiger partial charge in [-0.1, -0.05) is 32.9 Å². The molecule has 0 unspecified atom stereocenters. The van der Waals surface area contributed by atoms with Crippen molar-refractivity contribution in [3.8, 4) is 0 Å². The highest BCUT2D eigenvalue weighted by molar-refractivity contribution is 7.90. The van der Waals surface area contributed by atoms with E-state index in [1.807, 2.05) is 20.8 Å². The number of hydrogen-bond acceptors (Lipinski definition) is 5. The molecule has 7 nitrogen and oxygen atoms in total. The average molecular weight is 382 g/mol. The largest absolute Gasteiger partial charge is 0.444 e. The van der Waals surface area contributed by atoms with Crippen LogP contribution in [0.2, 0.25) is 0 Å². The summed E-state index contributed by atoms with van der Waals surface area (Å²) in [5, 5.41) is 2.71. The first-order valence-corrected chi connectivity index (χ1v) is 9.83. The lowest BCUT2D eigenvalue weighted by atomic mass is 9.86. The Morgan fingerprint density at radius 3 is 2.23 bits per heavy atom. The highest BCUT2D eigenvalue weighted by Crippen LogP contribution is 2.32. The van der Waals surface area contributed by atoms with E-state index in [2.05, 4.69) is 5.32 Å². The summed E-state index contributed by atoms with van der Waals surface area (Å²) in [6.07, 6.45) is -0.654. The number of nitrogens with zero attached hydrogens (tertiary/aromatic N) is 1. The molecule has 26 heavy (non-hydrogen) atoms. The van der Waals surface area contributed by atoms with Crippen molar-refractivity contribution < 1.29 is 22.7 Å². The molecule has 0 saturated carbocycles. The predicted octanol–water partition coefficient (Wildman–Crippen LogP) is 2.77. The highest BCUT2D eigenvalue weighted by atomic mass is 32.2. The van der Waals surface area contributed by atoms with Crippen molar-refractivity contribution in [2.75, 3.05) is 6.54 Å². The van der Waals surface area contributed by atoms with Gasteiger partial charge in [-0.25, -0.2) is 17.5 Å². The fraction of sp³-hybridized carbons (Fsp3) is 0.556. The number of hydrogen-bond donors (Lipinski definition) is 1. The molecule has 144 valence electrons. The van der Waals surface area contributed by atoms with Crippen LogP contribution in [0, 0.1) is 5.41 Å². The third-order valence-corrected chi connectivity index (χ3v) is 5.80. The SMILES string of the molecule is CC(C)(C)OC(=O)N[C@@H](CN1C(=O)c2ccccc2S1(=O)=O)C(C)(C)C. The molecule has 1 aromatic carbocycles. The summed E-state index contributed by atoms with van der Waals surface area (Å²) in [5.74, 6) is -0.583. The zero-order valence-electron chi connectivity index (χ0n) is 16.0. The fourth-order valence-corrected chi connectivity index (χ4v) is 4.15. The Balaban J connectivity index is 2.28. The number of carbonyl (C=O) groups is 2. The first-order chi connectivity index (χ1) is 11.7. The maximum Gasteiger partial charge on any atom is 0.407 e. The monoisotopic (exact) mass is 382 g/mol. The number of rotatable bonds is 3. The molecule has 0 aromatic heterocycles. The van der Waals surface area contributed by atoms with Crippen LogP contribution in [0.5, 0.6) is 0 Å². The van der Waals surface area contributed by atoms with Gasteiger partial charge in [0, 0.05) is 0 Å². The summed E-state index contributed by atoms with van der Waals surface area (Å²) >= 11 is 0. The maximum atomic E-state index is 12.7. The molecule has 0 aliphatic carbocycles. The van der Waals surface area contributed by atoms with Gasteiger partial charge in [-0.2, -0.15) is 0 Å². The minimum Gasteiger partial charge on any atom is -0.444 e. The Labute approximate surface area is 154 Å². The quantitative estimate of drug-likeness (QED) is 0.868. The molecule has 1 aromatic rings. The molecule has 1 aliphatic rings. The van der Waals surface area contributed by atoms with Gasteiger partial charge in [-0.3, -0.25) is 4.79 Å². The number of amides is 2. The number of alkyl carbamates (subject to hydrolysis) is 1. The Hall–Kier alpha value is -2.09. The minimum absolute atomic E-state index is 0.00470. The summed E-state index contributed by atoms with van der Waals surface area (Å²) in [4.78, 5) is 24.8. The van der Waals surface area contributed by atoms with Gasteiger partial charge in [0.2, 0.25) is 0 Å².